The Bertz CT molecular complexity index is 404. The maximum Gasteiger partial charge on any atom is 0.207 e. The molecule has 2 rings (SSSR count). The van der Waals surface area contributed by atoms with Gasteiger partial charge < -0.3 is 5.11 Å². The predicted octanol–water partition coefficient (Wildman–Crippen LogP) is 0.943. The van der Waals surface area contributed by atoms with E-state index in [1.807, 2.05) is 0 Å². The van der Waals surface area contributed by atoms with Crippen molar-refractivity contribution in [3.8, 4) is 0 Å². The van der Waals surface area contributed by atoms with Crippen LogP contribution in [0.5, 0.6) is 0 Å². The van der Waals surface area contributed by atoms with E-state index >= 15 is 0 Å². The largest absolute Gasteiger partial charge is 0.374 e. The van der Waals surface area contributed by atoms with Gasteiger partial charge in [-0.05, 0) is 25.0 Å². The van der Waals surface area contributed by atoms with Crippen molar-refractivity contribution in [1.82, 2.24) is 0 Å². The Morgan fingerprint density at radius 3 is 2.15 bits per heavy atom. The minimum Gasteiger partial charge on any atom is -0.374 e. The third-order valence-electron chi connectivity index (χ3n) is 2.23. The average Bonchev–Trinajstić information content (AvgIpc) is 2.87. The molecule has 0 aliphatic heterocycles. The van der Waals surface area contributed by atoms with Crippen LogP contribution in [0.3, 0.4) is 0 Å². The smallest absolute Gasteiger partial charge is 0.207 e. The van der Waals surface area contributed by atoms with Crippen molar-refractivity contribution in [2.45, 2.75) is 22.7 Å². The van der Waals surface area contributed by atoms with Crippen molar-refractivity contribution in [3.05, 3.63) is 30.3 Å². The summed E-state index contributed by atoms with van der Waals surface area (Å²) in [5, 5.41) is 9.52. The van der Waals surface area contributed by atoms with E-state index in [2.05, 4.69) is 0 Å². The summed E-state index contributed by atoms with van der Waals surface area (Å²) in [7, 11) is -3.51. The van der Waals surface area contributed by atoms with Crippen LogP contribution in [0.2, 0.25) is 0 Å². The molecule has 0 unspecified atom stereocenters. The highest BCUT2D eigenvalue weighted by molar-refractivity contribution is 7.93. The first-order valence-corrected chi connectivity index (χ1v) is 5.57. The van der Waals surface area contributed by atoms with Gasteiger partial charge in [-0.25, -0.2) is 8.42 Å². The van der Waals surface area contributed by atoms with Gasteiger partial charge in [-0.3, -0.25) is 0 Å². The number of aliphatic hydroxyl groups is 1. The molecule has 13 heavy (non-hydrogen) atoms. The maximum atomic E-state index is 11.7. The zero-order valence-electron chi connectivity index (χ0n) is 6.97. The third kappa shape index (κ3) is 1.26. The first kappa shape index (κ1) is 8.72. The molecule has 1 fully saturated rings. The van der Waals surface area contributed by atoms with E-state index in [0.717, 1.165) is 0 Å². The summed E-state index contributed by atoms with van der Waals surface area (Å²) in [5.74, 6) is 0. The van der Waals surface area contributed by atoms with Gasteiger partial charge in [0.1, 0.15) is 0 Å². The summed E-state index contributed by atoms with van der Waals surface area (Å²) >= 11 is 0. The van der Waals surface area contributed by atoms with Gasteiger partial charge in [-0.1, -0.05) is 18.2 Å². The minimum absolute atomic E-state index is 0.204. The zero-order chi connectivity index (χ0) is 9.53. The van der Waals surface area contributed by atoms with E-state index in [4.69, 9.17) is 0 Å². The van der Waals surface area contributed by atoms with Crippen molar-refractivity contribution >= 4 is 9.84 Å². The molecule has 0 amide bonds. The first-order chi connectivity index (χ1) is 6.06. The first-order valence-electron chi connectivity index (χ1n) is 4.08. The van der Waals surface area contributed by atoms with Gasteiger partial charge in [0, 0.05) is 0 Å². The Hall–Kier alpha value is -0.870. The van der Waals surface area contributed by atoms with Gasteiger partial charge >= 0.3 is 0 Å². The fraction of sp³-hybridized carbons (Fsp3) is 0.333. The lowest BCUT2D eigenvalue weighted by molar-refractivity contribution is 0.230. The van der Waals surface area contributed by atoms with E-state index in [0.29, 0.717) is 12.8 Å². The lowest BCUT2D eigenvalue weighted by Gasteiger charge is -2.08. The van der Waals surface area contributed by atoms with Crippen LogP contribution in [0.1, 0.15) is 12.8 Å². The molecular formula is C9H10O3S. The van der Waals surface area contributed by atoms with Crippen molar-refractivity contribution in [2.24, 2.45) is 0 Å². The molecular weight excluding hydrogens is 188 g/mol. The van der Waals surface area contributed by atoms with Gasteiger partial charge in [-0.15, -0.1) is 0 Å². The molecule has 0 spiro atoms. The molecule has 0 bridgehead atoms. The molecule has 3 nitrogen and oxygen atoms in total. The van der Waals surface area contributed by atoms with Crippen LogP contribution < -0.4 is 0 Å². The summed E-state index contributed by atoms with van der Waals surface area (Å²) in [4.78, 5) is -1.27. The Balaban J connectivity index is 2.48. The fourth-order valence-corrected chi connectivity index (χ4v) is 2.79. The van der Waals surface area contributed by atoms with Gasteiger partial charge in [0.15, 0.2) is 4.93 Å². The molecule has 1 aromatic rings. The number of hydrogen-bond donors (Lipinski definition) is 1. The quantitative estimate of drug-likeness (QED) is 0.769. The highest BCUT2D eigenvalue weighted by atomic mass is 32.2. The van der Waals surface area contributed by atoms with E-state index in [-0.39, 0.29) is 4.90 Å². The molecule has 1 saturated carbocycles. The Morgan fingerprint density at radius 2 is 1.69 bits per heavy atom. The number of hydrogen-bond acceptors (Lipinski definition) is 3. The summed E-state index contributed by atoms with van der Waals surface area (Å²) < 4.78 is 23.3. The number of benzene rings is 1. The van der Waals surface area contributed by atoms with Crippen LogP contribution in [0.25, 0.3) is 0 Å². The standard InChI is InChI=1S/C9H10O3S/c10-9(6-7-9)13(11,12)8-4-2-1-3-5-8/h1-5,10H,6-7H2. The Labute approximate surface area is 76.9 Å². The van der Waals surface area contributed by atoms with Gasteiger partial charge in [0.05, 0.1) is 4.90 Å². The van der Waals surface area contributed by atoms with E-state index < -0.39 is 14.8 Å². The third-order valence-corrected chi connectivity index (χ3v) is 4.53. The Kier molecular flexibility index (Phi) is 1.72. The Morgan fingerprint density at radius 1 is 1.15 bits per heavy atom. The lowest BCUT2D eigenvalue weighted by atomic mass is 10.4. The second-order valence-electron chi connectivity index (χ2n) is 3.26. The van der Waals surface area contributed by atoms with Gasteiger partial charge in [0.25, 0.3) is 0 Å². The maximum absolute atomic E-state index is 11.7. The zero-order valence-corrected chi connectivity index (χ0v) is 7.79. The van der Waals surface area contributed by atoms with Gasteiger partial charge in [-0.2, -0.15) is 0 Å². The van der Waals surface area contributed by atoms with E-state index in [9.17, 15) is 13.5 Å². The molecule has 0 aromatic heterocycles. The number of sulfone groups is 1. The molecule has 0 atom stereocenters. The average molecular weight is 198 g/mol. The highest BCUT2D eigenvalue weighted by Gasteiger charge is 2.53. The molecule has 0 heterocycles. The molecule has 1 aromatic carbocycles. The van der Waals surface area contributed by atoms with Crippen LogP contribution >= 0.6 is 0 Å². The van der Waals surface area contributed by atoms with Crippen LogP contribution in [-0.2, 0) is 9.84 Å². The summed E-state index contributed by atoms with van der Waals surface area (Å²) in [6.07, 6.45) is 0.703. The van der Waals surface area contributed by atoms with E-state index in [1.165, 1.54) is 12.1 Å². The molecule has 70 valence electrons. The summed E-state index contributed by atoms with van der Waals surface area (Å²) in [6.45, 7) is 0. The van der Waals surface area contributed by atoms with Gasteiger partial charge in [0.2, 0.25) is 9.84 Å². The van der Waals surface area contributed by atoms with Crippen LogP contribution in [0, 0.1) is 0 Å². The summed E-state index contributed by atoms with van der Waals surface area (Å²) in [5.41, 5.74) is 0. The predicted molar refractivity (Wildman–Crippen MR) is 47.8 cm³/mol. The highest BCUT2D eigenvalue weighted by Crippen LogP contribution is 2.43. The van der Waals surface area contributed by atoms with Crippen molar-refractivity contribution in [1.29, 1.82) is 0 Å². The molecule has 1 aliphatic carbocycles. The van der Waals surface area contributed by atoms with Crippen LogP contribution in [0.15, 0.2) is 35.2 Å². The topological polar surface area (TPSA) is 54.4 Å². The van der Waals surface area contributed by atoms with E-state index in [1.54, 1.807) is 18.2 Å². The van der Waals surface area contributed by atoms with Crippen molar-refractivity contribution < 1.29 is 13.5 Å². The molecule has 4 heteroatoms. The molecule has 1 aliphatic rings. The normalized spacial score (nSPS) is 19.8. The molecule has 0 radical (unpaired) electrons. The second-order valence-corrected chi connectivity index (χ2v) is 5.50. The monoisotopic (exact) mass is 198 g/mol. The second kappa shape index (κ2) is 2.56. The van der Waals surface area contributed by atoms with Crippen LogP contribution in [-0.4, -0.2) is 18.5 Å². The van der Waals surface area contributed by atoms with Crippen molar-refractivity contribution in [3.63, 3.8) is 0 Å². The van der Waals surface area contributed by atoms with Crippen LogP contribution in [0.4, 0.5) is 0 Å². The molecule has 1 N–H and O–H groups in total. The number of rotatable bonds is 2. The minimum atomic E-state index is -3.51. The lowest BCUT2D eigenvalue weighted by Crippen LogP contribution is -2.22. The van der Waals surface area contributed by atoms with Crippen molar-refractivity contribution in [2.75, 3.05) is 0 Å². The summed E-state index contributed by atoms with van der Waals surface area (Å²) in [6, 6.07) is 8.06. The SMILES string of the molecule is O=S(=O)(c1ccccc1)C1(O)CC1. The molecule has 0 saturated heterocycles. The fourth-order valence-electron chi connectivity index (χ4n) is 1.19.